The van der Waals surface area contributed by atoms with Crippen LogP contribution in [0.2, 0.25) is 0 Å². The Kier molecular flexibility index (Phi) is 3.59. The zero-order valence-corrected chi connectivity index (χ0v) is 9.12. The summed E-state index contributed by atoms with van der Waals surface area (Å²) in [7, 11) is 1.95. The molecule has 0 aliphatic carbocycles. The van der Waals surface area contributed by atoms with Crippen molar-refractivity contribution in [3.63, 3.8) is 0 Å². The fraction of sp³-hybridized carbons (Fsp3) is 0.500. The molecule has 1 aliphatic rings. The molecule has 2 N–H and O–H groups in total. The van der Waals surface area contributed by atoms with Crippen LogP contribution < -0.4 is 15.4 Å². The Morgan fingerprint density at radius 1 is 1.53 bits per heavy atom. The van der Waals surface area contributed by atoms with Crippen molar-refractivity contribution in [1.29, 1.82) is 0 Å². The van der Waals surface area contributed by atoms with Crippen LogP contribution in [0.3, 0.4) is 0 Å². The van der Waals surface area contributed by atoms with Gasteiger partial charge in [0.05, 0.1) is 0 Å². The van der Waals surface area contributed by atoms with E-state index in [0.29, 0.717) is 6.10 Å². The van der Waals surface area contributed by atoms with Crippen LogP contribution in [0.15, 0.2) is 24.3 Å². The highest BCUT2D eigenvalue weighted by molar-refractivity contribution is 5.28. The molecule has 1 unspecified atom stereocenters. The van der Waals surface area contributed by atoms with Crippen molar-refractivity contribution in [2.75, 3.05) is 20.1 Å². The molecule has 15 heavy (non-hydrogen) atoms. The smallest absolute Gasteiger partial charge is 0.120 e. The number of hydrogen-bond donors (Lipinski definition) is 2. The van der Waals surface area contributed by atoms with E-state index in [1.165, 1.54) is 5.56 Å². The Morgan fingerprint density at radius 2 is 2.47 bits per heavy atom. The molecule has 0 saturated carbocycles. The predicted octanol–water partition coefficient (Wildman–Crippen LogP) is 1.15. The molecule has 2 rings (SSSR count). The molecule has 1 fully saturated rings. The van der Waals surface area contributed by atoms with E-state index < -0.39 is 0 Å². The summed E-state index contributed by atoms with van der Waals surface area (Å²) in [5.74, 6) is 0.983. The zero-order valence-electron chi connectivity index (χ0n) is 9.12. The zero-order chi connectivity index (χ0) is 10.5. The minimum atomic E-state index is 0.342. The van der Waals surface area contributed by atoms with E-state index in [-0.39, 0.29) is 0 Å². The molecule has 3 heteroatoms. The molecule has 0 bridgehead atoms. The maximum absolute atomic E-state index is 5.87. The molecular formula is C12H18N2O. The highest BCUT2D eigenvalue weighted by Crippen LogP contribution is 2.16. The van der Waals surface area contributed by atoms with Crippen LogP contribution in [0.25, 0.3) is 0 Å². The van der Waals surface area contributed by atoms with E-state index in [1.807, 2.05) is 19.2 Å². The third-order valence-electron chi connectivity index (χ3n) is 2.60. The van der Waals surface area contributed by atoms with Crippen LogP contribution in [0.4, 0.5) is 0 Å². The van der Waals surface area contributed by atoms with Crippen LogP contribution >= 0.6 is 0 Å². The predicted molar refractivity (Wildman–Crippen MR) is 61.1 cm³/mol. The molecule has 1 heterocycles. The topological polar surface area (TPSA) is 33.3 Å². The molecule has 0 amide bonds. The Hall–Kier alpha value is -1.06. The van der Waals surface area contributed by atoms with Gasteiger partial charge in [-0.15, -0.1) is 0 Å². The van der Waals surface area contributed by atoms with Gasteiger partial charge in [-0.2, -0.15) is 0 Å². The number of ether oxygens (including phenoxy) is 1. The summed E-state index contributed by atoms with van der Waals surface area (Å²) in [6.07, 6.45) is 1.45. The fourth-order valence-electron chi connectivity index (χ4n) is 1.85. The normalized spacial score (nSPS) is 20.5. The maximum atomic E-state index is 5.87. The molecule has 0 radical (unpaired) electrons. The quantitative estimate of drug-likeness (QED) is 0.775. The first-order valence-corrected chi connectivity index (χ1v) is 5.49. The lowest BCUT2D eigenvalue weighted by atomic mass is 10.2. The summed E-state index contributed by atoms with van der Waals surface area (Å²) in [5.41, 5.74) is 1.26. The lowest BCUT2D eigenvalue weighted by Crippen LogP contribution is -2.19. The minimum Gasteiger partial charge on any atom is -0.489 e. The lowest BCUT2D eigenvalue weighted by molar-refractivity contribution is 0.223. The second-order valence-electron chi connectivity index (χ2n) is 3.91. The average molecular weight is 206 g/mol. The van der Waals surface area contributed by atoms with Gasteiger partial charge in [0.1, 0.15) is 11.9 Å². The van der Waals surface area contributed by atoms with Gasteiger partial charge in [0.15, 0.2) is 0 Å². The molecule has 1 aromatic rings. The molecular weight excluding hydrogens is 188 g/mol. The van der Waals surface area contributed by atoms with Crippen LogP contribution in [0, 0.1) is 0 Å². The maximum Gasteiger partial charge on any atom is 0.120 e. The molecule has 0 aromatic heterocycles. The molecule has 1 saturated heterocycles. The monoisotopic (exact) mass is 206 g/mol. The SMILES string of the molecule is CNCc1cccc(OC2CCNC2)c1. The van der Waals surface area contributed by atoms with E-state index in [4.69, 9.17) is 4.74 Å². The first-order valence-electron chi connectivity index (χ1n) is 5.49. The van der Waals surface area contributed by atoms with Crippen molar-refractivity contribution in [3.8, 4) is 5.75 Å². The standard InChI is InChI=1S/C12H18N2O/c1-13-8-10-3-2-4-11(7-10)15-12-5-6-14-9-12/h2-4,7,12-14H,5-6,8-9H2,1H3. The number of nitrogens with one attached hydrogen (secondary N) is 2. The average Bonchev–Trinajstić information content (AvgIpc) is 2.71. The van der Waals surface area contributed by atoms with E-state index in [1.54, 1.807) is 0 Å². The van der Waals surface area contributed by atoms with Gasteiger partial charge in [-0.25, -0.2) is 0 Å². The minimum absolute atomic E-state index is 0.342. The third-order valence-corrected chi connectivity index (χ3v) is 2.60. The van der Waals surface area contributed by atoms with Crippen molar-refractivity contribution >= 4 is 0 Å². The van der Waals surface area contributed by atoms with Crippen LogP contribution in [-0.2, 0) is 6.54 Å². The summed E-state index contributed by atoms with van der Waals surface area (Å²) in [5, 5.41) is 6.43. The van der Waals surface area contributed by atoms with Crippen LogP contribution in [-0.4, -0.2) is 26.2 Å². The summed E-state index contributed by atoms with van der Waals surface area (Å²) in [6, 6.07) is 8.28. The summed E-state index contributed by atoms with van der Waals surface area (Å²) in [6.45, 7) is 2.93. The fourth-order valence-corrected chi connectivity index (χ4v) is 1.85. The lowest BCUT2D eigenvalue weighted by Gasteiger charge is -2.13. The second-order valence-corrected chi connectivity index (χ2v) is 3.91. The van der Waals surface area contributed by atoms with E-state index in [9.17, 15) is 0 Å². The largest absolute Gasteiger partial charge is 0.489 e. The molecule has 3 nitrogen and oxygen atoms in total. The Bertz CT molecular complexity index is 308. The highest BCUT2D eigenvalue weighted by Gasteiger charge is 2.15. The van der Waals surface area contributed by atoms with Gasteiger partial charge in [-0.05, 0) is 37.7 Å². The van der Waals surface area contributed by atoms with Gasteiger partial charge in [0.25, 0.3) is 0 Å². The van der Waals surface area contributed by atoms with Gasteiger partial charge < -0.3 is 15.4 Å². The molecule has 0 spiro atoms. The van der Waals surface area contributed by atoms with Crippen molar-refractivity contribution < 1.29 is 4.74 Å². The van der Waals surface area contributed by atoms with Gasteiger partial charge in [-0.3, -0.25) is 0 Å². The van der Waals surface area contributed by atoms with E-state index >= 15 is 0 Å². The van der Waals surface area contributed by atoms with E-state index in [0.717, 1.165) is 31.8 Å². The molecule has 1 aliphatic heterocycles. The van der Waals surface area contributed by atoms with Gasteiger partial charge in [0.2, 0.25) is 0 Å². The van der Waals surface area contributed by atoms with E-state index in [2.05, 4.69) is 22.8 Å². The third kappa shape index (κ3) is 2.94. The summed E-state index contributed by atoms with van der Waals surface area (Å²) >= 11 is 0. The first-order chi connectivity index (χ1) is 7.38. The van der Waals surface area contributed by atoms with Gasteiger partial charge in [-0.1, -0.05) is 12.1 Å². The Labute approximate surface area is 90.8 Å². The summed E-state index contributed by atoms with van der Waals surface area (Å²) < 4.78 is 5.87. The molecule has 1 aromatic carbocycles. The van der Waals surface area contributed by atoms with Crippen molar-refractivity contribution in [3.05, 3.63) is 29.8 Å². The van der Waals surface area contributed by atoms with Crippen LogP contribution in [0.1, 0.15) is 12.0 Å². The van der Waals surface area contributed by atoms with Crippen molar-refractivity contribution in [2.45, 2.75) is 19.1 Å². The van der Waals surface area contributed by atoms with Crippen molar-refractivity contribution in [2.24, 2.45) is 0 Å². The number of rotatable bonds is 4. The van der Waals surface area contributed by atoms with Crippen LogP contribution in [0.5, 0.6) is 5.75 Å². The highest BCUT2D eigenvalue weighted by atomic mass is 16.5. The molecule has 1 atom stereocenters. The Balaban J connectivity index is 1.97. The van der Waals surface area contributed by atoms with Crippen molar-refractivity contribution in [1.82, 2.24) is 10.6 Å². The molecule has 82 valence electrons. The van der Waals surface area contributed by atoms with Gasteiger partial charge >= 0.3 is 0 Å². The Morgan fingerprint density at radius 3 is 3.20 bits per heavy atom. The second kappa shape index (κ2) is 5.14. The first kappa shape index (κ1) is 10.5. The number of hydrogen-bond acceptors (Lipinski definition) is 3. The summed E-state index contributed by atoms with van der Waals surface area (Å²) in [4.78, 5) is 0. The number of benzene rings is 1. The van der Waals surface area contributed by atoms with Gasteiger partial charge in [0, 0.05) is 13.1 Å².